The van der Waals surface area contributed by atoms with Gasteiger partial charge in [-0.1, -0.05) is 13.3 Å². The molecule has 0 amide bonds. The highest BCUT2D eigenvalue weighted by Gasteiger charge is 2.22. The van der Waals surface area contributed by atoms with Crippen molar-refractivity contribution < 1.29 is 0 Å². The van der Waals surface area contributed by atoms with Gasteiger partial charge in [-0.15, -0.1) is 10.2 Å². The summed E-state index contributed by atoms with van der Waals surface area (Å²) < 4.78 is 2.29. The van der Waals surface area contributed by atoms with Crippen molar-refractivity contribution >= 4 is 0 Å². The lowest BCUT2D eigenvalue weighted by molar-refractivity contribution is 0.558. The topological polar surface area (TPSA) is 42.7 Å². The SMILES string of the molecule is CCCCn1c(C)nnc1C1CCNC1. The Morgan fingerprint density at radius 3 is 3.00 bits per heavy atom. The number of hydrogen-bond acceptors (Lipinski definition) is 3. The van der Waals surface area contributed by atoms with Crippen LogP contribution in [0.25, 0.3) is 0 Å². The first-order valence-corrected chi connectivity index (χ1v) is 5.93. The highest BCUT2D eigenvalue weighted by Crippen LogP contribution is 2.21. The van der Waals surface area contributed by atoms with Gasteiger partial charge in [0, 0.05) is 19.0 Å². The Balaban J connectivity index is 2.14. The van der Waals surface area contributed by atoms with Crippen molar-refractivity contribution in [1.29, 1.82) is 0 Å². The normalized spacial score (nSPS) is 21.1. The highest BCUT2D eigenvalue weighted by molar-refractivity contribution is 5.04. The fourth-order valence-electron chi connectivity index (χ4n) is 2.17. The van der Waals surface area contributed by atoms with Crippen molar-refractivity contribution in [3.63, 3.8) is 0 Å². The molecule has 0 radical (unpaired) electrons. The summed E-state index contributed by atoms with van der Waals surface area (Å²) in [7, 11) is 0. The molecule has 0 aromatic carbocycles. The van der Waals surface area contributed by atoms with Crippen LogP contribution in [0.1, 0.15) is 43.8 Å². The quantitative estimate of drug-likeness (QED) is 0.814. The smallest absolute Gasteiger partial charge is 0.137 e. The Labute approximate surface area is 91.1 Å². The molecule has 1 aromatic rings. The van der Waals surface area contributed by atoms with Gasteiger partial charge < -0.3 is 9.88 Å². The largest absolute Gasteiger partial charge is 0.316 e. The van der Waals surface area contributed by atoms with Gasteiger partial charge in [0.25, 0.3) is 0 Å². The van der Waals surface area contributed by atoms with Crippen molar-refractivity contribution in [2.75, 3.05) is 13.1 Å². The first kappa shape index (κ1) is 10.6. The Bertz CT molecular complexity index is 312. The van der Waals surface area contributed by atoms with Crippen molar-refractivity contribution in [3.05, 3.63) is 11.6 Å². The minimum atomic E-state index is 0.572. The Hall–Kier alpha value is -0.900. The number of nitrogens with one attached hydrogen (secondary N) is 1. The van der Waals surface area contributed by atoms with Gasteiger partial charge in [-0.05, 0) is 26.3 Å². The molecule has 1 unspecified atom stereocenters. The third-order valence-electron chi connectivity index (χ3n) is 3.13. The van der Waals surface area contributed by atoms with Gasteiger partial charge in [0.2, 0.25) is 0 Å². The summed E-state index contributed by atoms with van der Waals surface area (Å²) >= 11 is 0. The van der Waals surface area contributed by atoms with Crippen LogP contribution in [0.3, 0.4) is 0 Å². The zero-order valence-electron chi connectivity index (χ0n) is 9.66. The average molecular weight is 208 g/mol. The van der Waals surface area contributed by atoms with E-state index in [4.69, 9.17) is 0 Å². The summed E-state index contributed by atoms with van der Waals surface area (Å²) in [5.74, 6) is 2.82. The molecule has 1 fully saturated rings. The molecule has 84 valence electrons. The molecule has 0 aliphatic carbocycles. The Morgan fingerprint density at radius 1 is 1.47 bits per heavy atom. The molecule has 1 atom stereocenters. The van der Waals surface area contributed by atoms with E-state index in [1.807, 2.05) is 0 Å². The molecule has 0 saturated carbocycles. The van der Waals surface area contributed by atoms with Crippen LogP contribution in [0, 0.1) is 6.92 Å². The lowest BCUT2D eigenvalue weighted by Crippen LogP contribution is -2.13. The third kappa shape index (κ3) is 2.20. The van der Waals surface area contributed by atoms with Crippen molar-refractivity contribution in [1.82, 2.24) is 20.1 Å². The van der Waals surface area contributed by atoms with Gasteiger partial charge in [-0.25, -0.2) is 0 Å². The monoisotopic (exact) mass is 208 g/mol. The second kappa shape index (κ2) is 4.75. The molecule has 1 aliphatic heterocycles. The molecule has 1 saturated heterocycles. The van der Waals surface area contributed by atoms with Crippen LogP contribution >= 0.6 is 0 Å². The lowest BCUT2D eigenvalue weighted by atomic mass is 10.1. The van der Waals surface area contributed by atoms with E-state index in [-0.39, 0.29) is 0 Å². The van der Waals surface area contributed by atoms with E-state index in [1.54, 1.807) is 0 Å². The molecule has 1 N–H and O–H groups in total. The maximum atomic E-state index is 4.32. The second-order valence-corrected chi connectivity index (χ2v) is 4.30. The average Bonchev–Trinajstić information content (AvgIpc) is 2.84. The Kier molecular flexibility index (Phi) is 3.36. The second-order valence-electron chi connectivity index (χ2n) is 4.30. The van der Waals surface area contributed by atoms with Gasteiger partial charge in [-0.3, -0.25) is 0 Å². The van der Waals surface area contributed by atoms with Gasteiger partial charge >= 0.3 is 0 Å². The standard InChI is InChI=1S/C11H20N4/c1-3-4-7-15-9(2)13-14-11(15)10-5-6-12-8-10/h10,12H,3-8H2,1-2H3. The van der Waals surface area contributed by atoms with Crippen LogP contribution < -0.4 is 5.32 Å². The van der Waals surface area contributed by atoms with Crippen LogP contribution in [0.4, 0.5) is 0 Å². The third-order valence-corrected chi connectivity index (χ3v) is 3.13. The summed E-state index contributed by atoms with van der Waals surface area (Å²) in [5, 5.41) is 11.9. The van der Waals surface area contributed by atoms with E-state index < -0.39 is 0 Å². The zero-order chi connectivity index (χ0) is 10.7. The number of unbranched alkanes of at least 4 members (excludes halogenated alkanes) is 1. The summed E-state index contributed by atoms with van der Waals surface area (Å²) in [6.45, 7) is 7.51. The molecular weight excluding hydrogens is 188 g/mol. The van der Waals surface area contributed by atoms with Crippen LogP contribution in [-0.4, -0.2) is 27.9 Å². The highest BCUT2D eigenvalue weighted by atomic mass is 15.3. The van der Waals surface area contributed by atoms with Gasteiger partial charge in [0.15, 0.2) is 0 Å². The van der Waals surface area contributed by atoms with Crippen molar-refractivity contribution in [3.8, 4) is 0 Å². The lowest BCUT2D eigenvalue weighted by Gasteiger charge is -2.11. The van der Waals surface area contributed by atoms with Crippen LogP contribution in [0.5, 0.6) is 0 Å². The van der Waals surface area contributed by atoms with E-state index in [0.717, 1.165) is 25.5 Å². The number of rotatable bonds is 4. The number of hydrogen-bond donors (Lipinski definition) is 1. The summed E-state index contributed by atoms with van der Waals surface area (Å²) in [6, 6.07) is 0. The molecule has 2 heterocycles. The molecule has 1 aliphatic rings. The maximum Gasteiger partial charge on any atom is 0.137 e. The molecular formula is C11H20N4. The van der Waals surface area contributed by atoms with E-state index >= 15 is 0 Å². The summed E-state index contributed by atoms with van der Waals surface area (Å²) in [5.41, 5.74) is 0. The van der Waals surface area contributed by atoms with E-state index in [1.165, 1.54) is 25.1 Å². The number of aryl methyl sites for hydroxylation is 1. The fourth-order valence-corrected chi connectivity index (χ4v) is 2.17. The van der Waals surface area contributed by atoms with Gasteiger partial charge in [-0.2, -0.15) is 0 Å². The first-order chi connectivity index (χ1) is 7.33. The molecule has 4 heteroatoms. The van der Waals surface area contributed by atoms with E-state index in [0.29, 0.717) is 5.92 Å². The minimum absolute atomic E-state index is 0.572. The Morgan fingerprint density at radius 2 is 2.33 bits per heavy atom. The predicted molar refractivity (Wildman–Crippen MR) is 59.9 cm³/mol. The van der Waals surface area contributed by atoms with E-state index in [9.17, 15) is 0 Å². The summed E-state index contributed by atoms with van der Waals surface area (Å²) in [4.78, 5) is 0. The van der Waals surface area contributed by atoms with E-state index in [2.05, 4.69) is 33.9 Å². The molecule has 0 spiro atoms. The minimum Gasteiger partial charge on any atom is -0.316 e. The van der Waals surface area contributed by atoms with Crippen molar-refractivity contribution in [2.24, 2.45) is 0 Å². The van der Waals surface area contributed by atoms with Gasteiger partial charge in [0.05, 0.1) is 0 Å². The summed E-state index contributed by atoms with van der Waals surface area (Å²) in [6.07, 6.45) is 3.64. The van der Waals surface area contributed by atoms with Crippen LogP contribution in [0.15, 0.2) is 0 Å². The van der Waals surface area contributed by atoms with Crippen LogP contribution in [-0.2, 0) is 6.54 Å². The number of aromatic nitrogens is 3. The first-order valence-electron chi connectivity index (χ1n) is 5.93. The van der Waals surface area contributed by atoms with Crippen molar-refractivity contribution in [2.45, 2.75) is 45.6 Å². The predicted octanol–water partition coefficient (Wildman–Crippen LogP) is 1.46. The number of nitrogens with zero attached hydrogens (tertiary/aromatic N) is 3. The molecule has 2 rings (SSSR count). The molecule has 15 heavy (non-hydrogen) atoms. The van der Waals surface area contributed by atoms with Gasteiger partial charge in [0.1, 0.15) is 11.6 Å². The van der Waals surface area contributed by atoms with Crippen LogP contribution in [0.2, 0.25) is 0 Å². The molecule has 4 nitrogen and oxygen atoms in total. The fraction of sp³-hybridized carbons (Fsp3) is 0.818. The maximum absolute atomic E-state index is 4.32. The molecule has 1 aromatic heterocycles. The zero-order valence-corrected chi connectivity index (χ0v) is 9.66. The molecule has 0 bridgehead atoms.